The highest BCUT2D eigenvalue weighted by atomic mass is 16.6. The molecule has 1 N–H and O–H groups in total. The van der Waals surface area contributed by atoms with Crippen molar-refractivity contribution in [1.82, 2.24) is 14.5 Å². The van der Waals surface area contributed by atoms with Gasteiger partial charge in [0, 0.05) is 28.6 Å². The number of hydrogen-bond acceptors (Lipinski definition) is 7. The molecule has 0 spiro atoms. The smallest absolute Gasteiger partial charge is 0.343 e. The van der Waals surface area contributed by atoms with E-state index in [-0.39, 0.29) is 24.7 Å². The molecule has 0 bridgehead atoms. The molecule has 2 aliphatic rings. The normalized spacial score (nSPS) is 19.3. The van der Waals surface area contributed by atoms with Crippen molar-refractivity contribution >= 4 is 16.9 Å². The second kappa shape index (κ2) is 8.71. The predicted molar refractivity (Wildman–Crippen MR) is 137 cm³/mol. The summed E-state index contributed by atoms with van der Waals surface area (Å²) in [6, 6.07) is 7.77. The number of benzene rings is 1. The number of carbonyl (C=O) groups excluding carboxylic acids is 1. The summed E-state index contributed by atoms with van der Waals surface area (Å²) in [5.41, 5.74) is 2.65. The molecule has 0 aliphatic carbocycles. The Kier molecular flexibility index (Phi) is 5.92. The van der Waals surface area contributed by atoms with Crippen LogP contribution in [0.15, 0.2) is 29.1 Å². The zero-order valence-corrected chi connectivity index (χ0v) is 21.7. The molecule has 2 atom stereocenters. The van der Waals surface area contributed by atoms with Crippen molar-refractivity contribution < 1.29 is 19.4 Å². The minimum atomic E-state index is -1.83. The van der Waals surface area contributed by atoms with Crippen molar-refractivity contribution in [2.24, 2.45) is 5.92 Å². The summed E-state index contributed by atoms with van der Waals surface area (Å²) < 4.78 is 13.2. The Balaban J connectivity index is 1.69. The Morgan fingerprint density at radius 3 is 2.64 bits per heavy atom. The lowest BCUT2D eigenvalue weighted by Gasteiger charge is -2.31. The Morgan fingerprint density at radius 1 is 1.22 bits per heavy atom. The van der Waals surface area contributed by atoms with E-state index in [0.717, 1.165) is 27.8 Å². The molecule has 0 saturated carbocycles. The molecule has 36 heavy (non-hydrogen) atoms. The van der Waals surface area contributed by atoms with E-state index in [1.54, 1.807) is 17.6 Å². The van der Waals surface area contributed by atoms with Gasteiger partial charge < -0.3 is 24.0 Å². The summed E-state index contributed by atoms with van der Waals surface area (Å²) in [6.45, 7) is 8.97. The maximum atomic E-state index is 13.4. The van der Waals surface area contributed by atoms with E-state index >= 15 is 0 Å². The number of aromatic nitrogens is 2. The largest absolute Gasteiger partial charge is 0.490 e. The molecule has 0 radical (unpaired) electrons. The van der Waals surface area contributed by atoms with Gasteiger partial charge in [-0.25, -0.2) is 9.78 Å². The molecule has 2 aliphatic heterocycles. The Morgan fingerprint density at radius 2 is 1.97 bits per heavy atom. The van der Waals surface area contributed by atoms with Gasteiger partial charge in [0.1, 0.15) is 12.4 Å². The molecule has 0 unspecified atom stereocenters. The van der Waals surface area contributed by atoms with Crippen LogP contribution >= 0.6 is 0 Å². The second-order valence-electron chi connectivity index (χ2n) is 10.5. The predicted octanol–water partition coefficient (Wildman–Crippen LogP) is 3.56. The van der Waals surface area contributed by atoms with E-state index in [1.807, 2.05) is 26.2 Å². The molecule has 0 saturated heterocycles. The maximum absolute atomic E-state index is 13.4. The second-order valence-corrected chi connectivity index (χ2v) is 10.5. The van der Waals surface area contributed by atoms with E-state index in [2.05, 4.69) is 31.7 Å². The first-order chi connectivity index (χ1) is 17.0. The lowest BCUT2D eigenvalue weighted by Crippen LogP contribution is -2.44. The van der Waals surface area contributed by atoms with Crippen molar-refractivity contribution in [2.45, 2.75) is 65.5 Å². The fourth-order valence-electron chi connectivity index (χ4n) is 5.02. The third-order valence-electron chi connectivity index (χ3n) is 7.49. The first-order valence-corrected chi connectivity index (χ1v) is 12.5. The molecule has 190 valence electrons. The molecule has 8 nitrogen and oxygen atoms in total. The van der Waals surface area contributed by atoms with Gasteiger partial charge in [0.05, 0.1) is 35.1 Å². The molecular weight excluding hydrogens is 458 g/mol. The summed E-state index contributed by atoms with van der Waals surface area (Å²) in [5.74, 6) is 0.491. The number of cyclic esters (lactones) is 1. The van der Waals surface area contributed by atoms with Gasteiger partial charge in [-0.05, 0) is 57.6 Å². The molecule has 0 amide bonds. The molecule has 1 aromatic carbocycles. The number of pyridine rings is 2. The van der Waals surface area contributed by atoms with Gasteiger partial charge in [0.15, 0.2) is 5.60 Å². The standard InChI is InChI=1S/C28H33N3O5/c1-7-28(34)21-11-23-25-17(12-31(23)26(32)20(21)14-35-27(28)33)10-18-19(13-30(5)6)24(9-8-22(18)29-25)36-16(4)15(2)3/h8-11,15-16,34H,7,12-14H2,1-6H3/t16-,28-/m0/s1. The third-order valence-corrected chi connectivity index (χ3v) is 7.49. The fraction of sp³-hybridized carbons (Fsp3) is 0.464. The summed E-state index contributed by atoms with van der Waals surface area (Å²) in [4.78, 5) is 32.9. The van der Waals surface area contributed by atoms with E-state index in [1.165, 1.54) is 0 Å². The van der Waals surface area contributed by atoms with Crippen LogP contribution in [0.5, 0.6) is 5.75 Å². The van der Waals surface area contributed by atoms with Gasteiger partial charge in [-0.15, -0.1) is 0 Å². The molecule has 2 aromatic heterocycles. The van der Waals surface area contributed by atoms with Crippen molar-refractivity contribution in [1.29, 1.82) is 0 Å². The molecule has 0 fully saturated rings. The van der Waals surface area contributed by atoms with Crippen LogP contribution < -0.4 is 10.3 Å². The minimum absolute atomic E-state index is 0.0575. The summed E-state index contributed by atoms with van der Waals surface area (Å²) >= 11 is 0. The maximum Gasteiger partial charge on any atom is 0.343 e. The quantitative estimate of drug-likeness (QED) is 0.412. The fourth-order valence-corrected chi connectivity index (χ4v) is 5.02. The number of ether oxygens (including phenoxy) is 2. The first-order valence-electron chi connectivity index (χ1n) is 12.5. The van der Waals surface area contributed by atoms with Crippen molar-refractivity contribution in [3.8, 4) is 17.1 Å². The minimum Gasteiger partial charge on any atom is -0.490 e. The van der Waals surface area contributed by atoms with Crippen LogP contribution in [0.3, 0.4) is 0 Å². The number of rotatable bonds is 6. The highest BCUT2D eigenvalue weighted by Crippen LogP contribution is 2.40. The van der Waals surface area contributed by atoms with E-state index < -0.39 is 11.6 Å². The van der Waals surface area contributed by atoms with Gasteiger partial charge in [-0.1, -0.05) is 20.8 Å². The molecule has 8 heteroatoms. The highest BCUT2D eigenvalue weighted by molar-refractivity contribution is 5.89. The Bertz CT molecular complexity index is 1440. The first kappa shape index (κ1) is 24.5. The monoisotopic (exact) mass is 491 g/mol. The van der Waals surface area contributed by atoms with Crippen LogP contribution in [0.25, 0.3) is 22.3 Å². The average molecular weight is 492 g/mol. The topological polar surface area (TPSA) is 93.9 Å². The molecule has 4 heterocycles. The van der Waals surface area contributed by atoms with Crippen molar-refractivity contribution in [3.05, 3.63) is 56.9 Å². The molecule has 3 aromatic rings. The van der Waals surface area contributed by atoms with Crippen LogP contribution in [0.2, 0.25) is 0 Å². The van der Waals surface area contributed by atoms with Crippen LogP contribution in [-0.2, 0) is 34.8 Å². The Hall–Kier alpha value is -3.23. The number of nitrogens with zero attached hydrogens (tertiary/aromatic N) is 3. The number of carbonyl (C=O) groups is 1. The SMILES string of the molecule is CC[C@@]1(O)C(=O)OCc2c1cc1n(c2=O)Cc2cc3c(CN(C)C)c(O[C@@H](C)C(C)C)ccc3nc2-1. The van der Waals surface area contributed by atoms with Gasteiger partial charge in [0.25, 0.3) is 5.56 Å². The molecule has 5 rings (SSSR count). The number of hydrogen-bond donors (Lipinski definition) is 1. The average Bonchev–Trinajstić information content (AvgIpc) is 3.19. The highest BCUT2D eigenvalue weighted by Gasteiger charge is 2.45. The van der Waals surface area contributed by atoms with Gasteiger partial charge in [-0.2, -0.15) is 0 Å². The van der Waals surface area contributed by atoms with E-state index in [9.17, 15) is 14.7 Å². The van der Waals surface area contributed by atoms with Gasteiger partial charge in [0.2, 0.25) is 0 Å². The summed E-state index contributed by atoms with van der Waals surface area (Å²) in [7, 11) is 4.04. The van der Waals surface area contributed by atoms with Gasteiger partial charge in [-0.3, -0.25) is 4.79 Å². The lowest BCUT2D eigenvalue weighted by atomic mass is 9.86. The molecular formula is C28H33N3O5. The Labute approximate surface area is 210 Å². The van der Waals surface area contributed by atoms with Crippen LogP contribution in [0.1, 0.15) is 56.4 Å². The van der Waals surface area contributed by atoms with E-state index in [0.29, 0.717) is 41.5 Å². The number of fused-ring (bicyclic) bond motifs is 5. The third kappa shape index (κ3) is 3.71. The number of aliphatic hydroxyl groups is 1. The van der Waals surface area contributed by atoms with Crippen molar-refractivity contribution in [2.75, 3.05) is 14.1 Å². The number of esters is 1. The summed E-state index contributed by atoms with van der Waals surface area (Å²) in [6.07, 6.45) is 0.174. The van der Waals surface area contributed by atoms with Crippen LogP contribution in [0, 0.1) is 5.92 Å². The van der Waals surface area contributed by atoms with Gasteiger partial charge >= 0.3 is 5.97 Å². The van der Waals surface area contributed by atoms with Crippen LogP contribution in [0.4, 0.5) is 0 Å². The summed E-state index contributed by atoms with van der Waals surface area (Å²) in [5, 5.41) is 12.1. The zero-order valence-electron chi connectivity index (χ0n) is 21.7. The van der Waals surface area contributed by atoms with E-state index in [4.69, 9.17) is 14.5 Å². The van der Waals surface area contributed by atoms with Crippen LogP contribution in [-0.4, -0.2) is 45.7 Å². The van der Waals surface area contributed by atoms with Crippen molar-refractivity contribution in [3.63, 3.8) is 0 Å². The zero-order chi connectivity index (χ0) is 25.9. The lowest BCUT2D eigenvalue weighted by molar-refractivity contribution is -0.172.